The van der Waals surface area contributed by atoms with Crippen LogP contribution in [0.5, 0.6) is 0 Å². The maximum absolute atomic E-state index is 13.0. The second-order valence-corrected chi connectivity index (χ2v) is 3.56. The SMILES string of the molecule is NC(CCC(=O)O)c1cccc(F)c1Cl. The van der Waals surface area contributed by atoms with Crippen molar-refractivity contribution in [1.29, 1.82) is 0 Å². The molecule has 0 aliphatic carbocycles. The standard InChI is InChI=1S/C10H11ClFNO2/c11-10-6(2-1-3-7(10)12)8(13)4-5-9(14)15/h1-3,8H,4-5,13H2,(H,14,15). The zero-order valence-electron chi connectivity index (χ0n) is 7.91. The minimum atomic E-state index is -0.932. The molecule has 1 unspecified atom stereocenters. The van der Waals surface area contributed by atoms with E-state index in [-0.39, 0.29) is 17.9 Å². The van der Waals surface area contributed by atoms with E-state index in [1.54, 1.807) is 6.07 Å². The van der Waals surface area contributed by atoms with Crippen molar-refractivity contribution in [3.05, 3.63) is 34.6 Å². The molecule has 3 nitrogen and oxygen atoms in total. The first-order valence-corrected chi connectivity index (χ1v) is 4.81. The molecule has 1 rings (SSSR count). The Kier molecular flexibility index (Phi) is 4.05. The molecule has 1 aromatic rings. The number of carboxylic acids is 1. The first-order valence-electron chi connectivity index (χ1n) is 4.43. The smallest absolute Gasteiger partial charge is 0.303 e. The predicted octanol–water partition coefficient (Wildman–Crippen LogP) is 2.34. The zero-order valence-corrected chi connectivity index (χ0v) is 8.67. The molecule has 82 valence electrons. The molecule has 0 heterocycles. The van der Waals surface area contributed by atoms with Gasteiger partial charge in [-0.1, -0.05) is 23.7 Å². The lowest BCUT2D eigenvalue weighted by molar-refractivity contribution is -0.137. The molecule has 0 amide bonds. The van der Waals surface area contributed by atoms with Crippen LogP contribution in [-0.2, 0) is 4.79 Å². The lowest BCUT2D eigenvalue weighted by Crippen LogP contribution is -2.13. The van der Waals surface area contributed by atoms with Gasteiger partial charge in [0.15, 0.2) is 0 Å². The third kappa shape index (κ3) is 3.18. The van der Waals surface area contributed by atoms with E-state index in [9.17, 15) is 9.18 Å². The highest BCUT2D eigenvalue weighted by Crippen LogP contribution is 2.26. The van der Waals surface area contributed by atoms with E-state index in [1.165, 1.54) is 12.1 Å². The number of hydrogen-bond donors (Lipinski definition) is 2. The van der Waals surface area contributed by atoms with Crippen LogP contribution in [0.2, 0.25) is 5.02 Å². The molecule has 3 N–H and O–H groups in total. The molecule has 0 spiro atoms. The highest BCUT2D eigenvalue weighted by Gasteiger charge is 2.13. The van der Waals surface area contributed by atoms with Crippen LogP contribution in [0.4, 0.5) is 4.39 Å². The van der Waals surface area contributed by atoms with Crippen molar-refractivity contribution in [3.63, 3.8) is 0 Å². The van der Waals surface area contributed by atoms with Gasteiger partial charge in [-0.15, -0.1) is 0 Å². The average molecular weight is 232 g/mol. The Bertz CT molecular complexity index is 370. The average Bonchev–Trinajstić information content (AvgIpc) is 2.18. The van der Waals surface area contributed by atoms with E-state index in [4.69, 9.17) is 22.4 Å². The molecule has 0 radical (unpaired) electrons. The highest BCUT2D eigenvalue weighted by atomic mass is 35.5. The second kappa shape index (κ2) is 5.09. The van der Waals surface area contributed by atoms with E-state index in [1.807, 2.05) is 0 Å². The van der Waals surface area contributed by atoms with Crippen molar-refractivity contribution in [1.82, 2.24) is 0 Å². The summed E-state index contributed by atoms with van der Waals surface area (Å²) in [6.45, 7) is 0. The van der Waals surface area contributed by atoms with Gasteiger partial charge in [-0.25, -0.2) is 4.39 Å². The van der Waals surface area contributed by atoms with Crippen LogP contribution in [0.15, 0.2) is 18.2 Å². The van der Waals surface area contributed by atoms with E-state index in [0.717, 1.165) is 0 Å². The van der Waals surface area contributed by atoms with Gasteiger partial charge in [0.25, 0.3) is 0 Å². The fourth-order valence-electron chi connectivity index (χ4n) is 1.24. The number of benzene rings is 1. The molecule has 0 saturated carbocycles. The van der Waals surface area contributed by atoms with Crippen LogP contribution < -0.4 is 5.73 Å². The Hall–Kier alpha value is -1.13. The van der Waals surface area contributed by atoms with Gasteiger partial charge < -0.3 is 10.8 Å². The van der Waals surface area contributed by atoms with Crippen molar-refractivity contribution in [2.24, 2.45) is 5.73 Å². The van der Waals surface area contributed by atoms with Crippen LogP contribution in [0.1, 0.15) is 24.4 Å². The van der Waals surface area contributed by atoms with Gasteiger partial charge >= 0.3 is 5.97 Å². The Morgan fingerprint density at radius 2 is 2.27 bits per heavy atom. The highest BCUT2D eigenvalue weighted by molar-refractivity contribution is 6.31. The van der Waals surface area contributed by atoms with Crippen LogP contribution >= 0.6 is 11.6 Å². The normalized spacial score (nSPS) is 12.5. The molecule has 0 aliphatic heterocycles. The summed E-state index contributed by atoms with van der Waals surface area (Å²) in [5.41, 5.74) is 6.14. The maximum atomic E-state index is 13.0. The lowest BCUT2D eigenvalue weighted by atomic mass is 10.0. The van der Waals surface area contributed by atoms with Gasteiger partial charge in [0, 0.05) is 12.5 Å². The summed E-state index contributed by atoms with van der Waals surface area (Å²) in [6.07, 6.45) is 0.173. The number of carboxylic acid groups (broad SMARTS) is 1. The van der Waals surface area contributed by atoms with E-state index >= 15 is 0 Å². The Labute approximate surface area is 91.7 Å². The van der Waals surface area contributed by atoms with Crippen molar-refractivity contribution in [3.8, 4) is 0 Å². The summed E-state index contributed by atoms with van der Waals surface area (Å²) in [4.78, 5) is 10.3. The van der Waals surface area contributed by atoms with E-state index in [2.05, 4.69) is 0 Å². The summed E-state index contributed by atoms with van der Waals surface area (Å²) in [5, 5.41) is 8.44. The Morgan fingerprint density at radius 1 is 1.60 bits per heavy atom. The van der Waals surface area contributed by atoms with Gasteiger partial charge in [0.2, 0.25) is 0 Å². The fraction of sp³-hybridized carbons (Fsp3) is 0.300. The molecule has 0 bridgehead atoms. The van der Waals surface area contributed by atoms with E-state index < -0.39 is 17.8 Å². The molecule has 0 fully saturated rings. The fourth-order valence-corrected chi connectivity index (χ4v) is 1.51. The van der Waals surface area contributed by atoms with Crippen LogP contribution in [-0.4, -0.2) is 11.1 Å². The molecule has 0 aromatic heterocycles. The van der Waals surface area contributed by atoms with Crippen molar-refractivity contribution in [2.75, 3.05) is 0 Å². The van der Waals surface area contributed by atoms with Crippen LogP contribution in [0, 0.1) is 5.82 Å². The number of carbonyl (C=O) groups is 1. The number of hydrogen-bond acceptors (Lipinski definition) is 2. The van der Waals surface area contributed by atoms with Gasteiger partial charge in [0.1, 0.15) is 5.82 Å². The summed E-state index contributed by atoms with van der Waals surface area (Å²) in [5.74, 6) is -1.47. The minimum Gasteiger partial charge on any atom is -0.481 e. The largest absolute Gasteiger partial charge is 0.481 e. The van der Waals surface area contributed by atoms with Crippen molar-refractivity contribution < 1.29 is 14.3 Å². The summed E-state index contributed by atoms with van der Waals surface area (Å²) in [7, 11) is 0. The first kappa shape index (κ1) is 11.9. The van der Waals surface area contributed by atoms with Gasteiger partial charge in [-0.2, -0.15) is 0 Å². The molecule has 0 saturated heterocycles. The maximum Gasteiger partial charge on any atom is 0.303 e. The number of halogens is 2. The van der Waals surface area contributed by atoms with Gasteiger partial charge in [0.05, 0.1) is 5.02 Å². The van der Waals surface area contributed by atoms with Crippen molar-refractivity contribution in [2.45, 2.75) is 18.9 Å². The van der Waals surface area contributed by atoms with E-state index in [0.29, 0.717) is 5.56 Å². The van der Waals surface area contributed by atoms with Crippen molar-refractivity contribution >= 4 is 17.6 Å². The number of aliphatic carboxylic acids is 1. The lowest BCUT2D eigenvalue weighted by Gasteiger charge is -2.12. The monoisotopic (exact) mass is 231 g/mol. The predicted molar refractivity (Wildman–Crippen MR) is 55.2 cm³/mol. The van der Waals surface area contributed by atoms with Crippen LogP contribution in [0.3, 0.4) is 0 Å². The summed E-state index contributed by atoms with van der Waals surface area (Å²) >= 11 is 5.70. The molecule has 0 aliphatic rings. The Morgan fingerprint density at radius 3 is 2.87 bits per heavy atom. The number of rotatable bonds is 4. The molecule has 15 heavy (non-hydrogen) atoms. The summed E-state index contributed by atoms with van der Waals surface area (Å²) < 4.78 is 13.0. The molecule has 5 heteroatoms. The summed E-state index contributed by atoms with van der Waals surface area (Å²) in [6, 6.07) is 3.77. The third-order valence-electron chi connectivity index (χ3n) is 2.05. The zero-order chi connectivity index (χ0) is 11.4. The van der Waals surface area contributed by atoms with Gasteiger partial charge in [-0.3, -0.25) is 4.79 Å². The molecular formula is C10H11ClFNO2. The molecular weight excluding hydrogens is 221 g/mol. The van der Waals surface area contributed by atoms with Gasteiger partial charge in [-0.05, 0) is 18.1 Å². The topological polar surface area (TPSA) is 63.3 Å². The van der Waals surface area contributed by atoms with Crippen LogP contribution in [0.25, 0.3) is 0 Å². The second-order valence-electron chi connectivity index (χ2n) is 3.18. The Balaban J connectivity index is 2.77. The molecule has 1 aromatic carbocycles. The number of nitrogens with two attached hydrogens (primary N) is 1. The minimum absolute atomic E-state index is 0.0320. The quantitative estimate of drug-likeness (QED) is 0.836. The third-order valence-corrected chi connectivity index (χ3v) is 2.45. The molecule has 1 atom stereocenters. The first-order chi connectivity index (χ1) is 7.02.